The van der Waals surface area contributed by atoms with E-state index in [1.165, 1.54) is 6.42 Å². The molecule has 0 aromatic carbocycles. The summed E-state index contributed by atoms with van der Waals surface area (Å²) < 4.78 is 5.98. The normalized spacial score (nSPS) is 25.0. The molecule has 2 aliphatic rings. The van der Waals surface area contributed by atoms with Crippen molar-refractivity contribution in [3.63, 3.8) is 0 Å². The Kier molecular flexibility index (Phi) is 4.15. The van der Waals surface area contributed by atoms with E-state index in [2.05, 4.69) is 9.97 Å². The van der Waals surface area contributed by atoms with Crippen LogP contribution in [-0.4, -0.2) is 40.5 Å². The summed E-state index contributed by atoms with van der Waals surface area (Å²) in [4.78, 5) is 23.5. The second kappa shape index (κ2) is 6.47. The Hall–Kier alpha value is -2.43. The van der Waals surface area contributed by atoms with E-state index in [1.54, 1.807) is 12.3 Å². The monoisotopic (exact) mass is 337 g/mol. The Bertz CT molecular complexity index is 765. The number of carbonyl (C=O) groups excluding carboxylic acids is 1. The van der Waals surface area contributed by atoms with Crippen LogP contribution in [0.3, 0.4) is 0 Å². The third-order valence-electron chi connectivity index (χ3n) is 5.58. The molecule has 3 heterocycles. The van der Waals surface area contributed by atoms with Crippen LogP contribution in [0.2, 0.25) is 0 Å². The van der Waals surface area contributed by atoms with Gasteiger partial charge < -0.3 is 9.64 Å². The third-order valence-corrected chi connectivity index (χ3v) is 5.58. The second-order valence-electron chi connectivity index (χ2n) is 7.26. The number of aromatic nitrogens is 2. The van der Waals surface area contributed by atoms with Gasteiger partial charge in [0.2, 0.25) is 5.88 Å². The lowest BCUT2D eigenvalue weighted by Crippen LogP contribution is -2.36. The van der Waals surface area contributed by atoms with Gasteiger partial charge in [0, 0.05) is 36.5 Å². The fourth-order valence-electron chi connectivity index (χ4n) is 4.28. The van der Waals surface area contributed by atoms with Crippen molar-refractivity contribution in [3.8, 4) is 5.88 Å². The Morgan fingerprint density at radius 1 is 1.32 bits per heavy atom. The lowest BCUT2D eigenvalue weighted by atomic mass is 9.81. The van der Waals surface area contributed by atoms with Gasteiger partial charge in [-0.15, -0.1) is 0 Å². The first-order valence-electron chi connectivity index (χ1n) is 8.93. The van der Waals surface area contributed by atoms with Crippen molar-refractivity contribution in [2.75, 3.05) is 19.7 Å². The van der Waals surface area contributed by atoms with Crippen molar-refractivity contribution < 1.29 is 9.53 Å². The van der Waals surface area contributed by atoms with Crippen molar-refractivity contribution in [3.05, 3.63) is 54.0 Å². The number of fused-ring (bicyclic) bond motifs is 1. The van der Waals surface area contributed by atoms with Crippen LogP contribution in [0.1, 0.15) is 35.4 Å². The van der Waals surface area contributed by atoms with Gasteiger partial charge in [-0.1, -0.05) is 18.6 Å². The minimum atomic E-state index is 0.0373. The lowest BCUT2D eigenvalue weighted by molar-refractivity contribution is 0.0739. The number of rotatable bonds is 4. The molecule has 0 N–H and O–H groups in total. The predicted octanol–water partition coefficient (Wildman–Crippen LogP) is 3.11. The number of carbonyl (C=O) groups is 1. The van der Waals surface area contributed by atoms with Crippen LogP contribution in [0.25, 0.3) is 0 Å². The lowest BCUT2D eigenvalue weighted by Gasteiger charge is -2.28. The first-order valence-corrected chi connectivity index (χ1v) is 8.93. The molecule has 0 unspecified atom stereocenters. The minimum Gasteiger partial charge on any atom is -0.477 e. The van der Waals surface area contributed by atoms with Crippen LogP contribution >= 0.6 is 0 Å². The molecule has 2 aromatic rings. The van der Waals surface area contributed by atoms with Crippen molar-refractivity contribution >= 4 is 5.91 Å². The first kappa shape index (κ1) is 16.1. The molecule has 2 fully saturated rings. The molecule has 1 saturated heterocycles. The summed E-state index contributed by atoms with van der Waals surface area (Å²) in [6, 6.07) is 11.3. The van der Waals surface area contributed by atoms with Crippen LogP contribution in [0.5, 0.6) is 5.88 Å². The topological polar surface area (TPSA) is 55.3 Å². The van der Waals surface area contributed by atoms with E-state index in [-0.39, 0.29) is 11.3 Å². The van der Waals surface area contributed by atoms with Crippen LogP contribution in [-0.2, 0) is 0 Å². The number of hydrogen-bond acceptors (Lipinski definition) is 4. The highest BCUT2D eigenvalue weighted by Gasteiger charge is 2.51. The highest BCUT2D eigenvalue weighted by molar-refractivity contribution is 5.92. The molecular formula is C20H23N3O2. The quantitative estimate of drug-likeness (QED) is 0.860. The molecule has 0 bridgehead atoms. The number of ether oxygens (including phenoxy) is 1. The average molecular weight is 337 g/mol. The number of aryl methyl sites for hydroxylation is 1. The van der Waals surface area contributed by atoms with Gasteiger partial charge in [0.25, 0.3) is 5.91 Å². The van der Waals surface area contributed by atoms with Gasteiger partial charge in [0.15, 0.2) is 0 Å². The summed E-state index contributed by atoms with van der Waals surface area (Å²) in [5.74, 6) is 1.20. The van der Waals surface area contributed by atoms with Crippen LogP contribution in [0, 0.1) is 18.3 Å². The van der Waals surface area contributed by atoms with Gasteiger partial charge in [-0.2, -0.15) is 0 Å². The number of amides is 1. The summed E-state index contributed by atoms with van der Waals surface area (Å²) in [6.07, 6.45) is 5.22. The Morgan fingerprint density at radius 2 is 2.24 bits per heavy atom. The molecule has 5 nitrogen and oxygen atoms in total. The summed E-state index contributed by atoms with van der Waals surface area (Å²) >= 11 is 0. The molecular weight excluding hydrogens is 314 g/mol. The largest absolute Gasteiger partial charge is 0.477 e. The van der Waals surface area contributed by atoms with Gasteiger partial charge in [0.05, 0.1) is 6.61 Å². The minimum absolute atomic E-state index is 0.0373. The smallest absolute Gasteiger partial charge is 0.272 e. The van der Waals surface area contributed by atoms with E-state index in [1.807, 2.05) is 42.2 Å². The first-order chi connectivity index (χ1) is 12.2. The summed E-state index contributed by atoms with van der Waals surface area (Å²) in [6.45, 7) is 4.09. The van der Waals surface area contributed by atoms with Crippen molar-refractivity contribution in [2.24, 2.45) is 11.3 Å². The number of nitrogens with zero attached hydrogens (tertiary/aromatic N) is 3. The van der Waals surface area contributed by atoms with Gasteiger partial charge >= 0.3 is 0 Å². The maximum atomic E-state index is 12.9. The van der Waals surface area contributed by atoms with Gasteiger partial charge in [-0.25, -0.2) is 9.97 Å². The average Bonchev–Trinajstić information content (AvgIpc) is 3.17. The van der Waals surface area contributed by atoms with E-state index in [0.717, 1.165) is 31.6 Å². The Morgan fingerprint density at radius 3 is 3.04 bits per heavy atom. The van der Waals surface area contributed by atoms with Crippen molar-refractivity contribution in [2.45, 2.75) is 26.2 Å². The molecule has 4 rings (SSSR count). The van der Waals surface area contributed by atoms with E-state index >= 15 is 0 Å². The van der Waals surface area contributed by atoms with Crippen molar-refractivity contribution in [1.82, 2.24) is 14.9 Å². The second-order valence-corrected chi connectivity index (χ2v) is 7.26. The fraction of sp³-hybridized carbons (Fsp3) is 0.450. The zero-order valence-corrected chi connectivity index (χ0v) is 14.5. The molecule has 1 aliphatic carbocycles. The zero-order chi connectivity index (χ0) is 17.3. The molecule has 1 amide bonds. The summed E-state index contributed by atoms with van der Waals surface area (Å²) in [5.41, 5.74) is 1.47. The molecule has 25 heavy (non-hydrogen) atoms. The fourth-order valence-corrected chi connectivity index (χ4v) is 4.28. The molecule has 1 aliphatic heterocycles. The molecule has 0 spiro atoms. The van der Waals surface area contributed by atoms with E-state index in [0.29, 0.717) is 24.1 Å². The van der Waals surface area contributed by atoms with Gasteiger partial charge in [-0.05, 0) is 43.9 Å². The van der Waals surface area contributed by atoms with E-state index in [4.69, 9.17) is 4.74 Å². The molecule has 1 saturated carbocycles. The Labute approximate surface area is 148 Å². The molecule has 2 aromatic heterocycles. The summed E-state index contributed by atoms with van der Waals surface area (Å²) in [5, 5.41) is 0. The zero-order valence-electron chi connectivity index (χ0n) is 14.5. The van der Waals surface area contributed by atoms with Crippen LogP contribution in [0.4, 0.5) is 0 Å². The van der Waals surface area contributed by atoms with E-state index < -0.39 is 0 Å². The number of pyridine rings is 2. The third kappa shape index (κ3) is 3.11. The maximum absolute atomic E-state index is 12.9. The van der Waals surface area contributed by atoms with Gasteiger partial charge in [0.1, 0.15) is 5.69 Å². The molecule has 130 valence electrons. The van der Waals surface area contributed by atoms with Gasteiger partial charge in [-0.3, -0.25) is 4.79 Å². The predicted molar refractivity (Wildman–Crippen MR) is 94.4 cm³/mol. The molecule has 0 radical (unpaired) electrons. The number of likely N-dealkylation sites (tertiary alicyclic amines) is 1. The van der Waals surface area contributed by atoms with Crippen LogP contribution in [0.15, 0.2) is 42.6 Å². The van der Waals surface area contributed by atoms with E-state index in [9.17, 15) is 4.79 Å². The van der Waals surface area contributed by atoms with Crippen molar-refractivity contribution in [1.29, 1.82) is 0 Å². The maximum Gasteiger partial charge on any atom is 0.272 e. The highest BCUT2D eigenvalue weighted by Crippen LogP contribution is 2.49. The molecule has 2 atom stereocenters. The Balaban J connectivity index is 1.48. The SMILES string of the molecule is Cc1cccc(C(=O)N2C[C@@H]3CCC[C@]3(COc3ccccn3)C2)n1. The number of hydrogen-bond donors (Lipinski definition) is 0. The van der Waals surface area contributed by atoms with Crippen LogP contribution < -0.4 is 4.74 Å². The molecule has 5 heteroatoms. The summed E-state index contributed by atoms with van der Waals surface area (Å²) in [7, 11) is 0. The standard InChI is InChI=1S/C20H23N3O2/c1-15-6-4-8-17(22-15)19(24)23-12-16-7-5-10-20(16,13-23)14-25-18-9-2-3-11-21-18/h2-4,6,8-9,11,16H,5,7,10,12-14H2,1H3/t16-,20+/m0/s1. The highest BCUT2D eigenvalue weighted by atomic mass is 16.5.